The van der Waals surface area contributed by atoms with Crippen molar-refractivity contribution in [1.29, 1.82) is 0 Å². The van der Waals surface area contributed by atoms with Gasteiger partial charge in [0.05, 0.1) is 4.34 Å². The van der Waals surface area contributed by atoms with Crippen LogP contribution in [0.5, 0.6) is 0 Å². The molecule has 0 unspecified atom stereocenters. The molecule has 0 spiro atoms. The molecule has 0 aliphatic rings. The van der Waals surface area contributed by atoms with E-state index in [1.54, 1.807) is 11.3 Å². The van der Waals surface area contributed by atoms with Crippen molar-refractivity contribution in [1.82, 2.24) is 0 Å². The minimum Gasteiger partial charge on any atom is -0.142 e. The molecule has 0 saturated heterocycles. The van der Waals surface area contributed by atoms with Crippen molar-refractivity contribution < 1.29 is 0 Å². The molecule has 0 radical (unpaired) electrons. The van der Waals surface area contributed by atoms with E-state index in [-0.39, 0.29) is 0 Å². The number of thiol groups is 1. The fourth-order valence-corrected chi connectivity index (χ4v) is 2.97. The molecule has 62 valence electrons. The lowest BCUT2D eigenvalue weighted by atomic mass is 10.3. The number of benzene rings is 1. The summed E-state index contributed by atoms with van der Waals surface area (Å²) in [7, 11) is 0. The van der Waals surface area contributed by atoms with E-state index in [2.05, 4.69) is 28.6 Å². The first-order valence-corrected chi connectivity index (χ1v) is 5.68. The summed E-state index contributed by atoms with van der Waals surface area (Å²) in [6.45, 7) is 0. The van der Waals surface area contributed by atoms with Crippen molar-refractivity contribution in [3.05, 3.63) is 27.0 Å². The average Bonchev–Trinajstić information content (AvgIpc) is 2.39. The van der Waals surface area contributed by atoms with Crippen LogP contribution in [0.2, 0.25) is 4.34 Å². The van der Waals surface area contributed by atoms with Crippen LogP contribution in [0.3, 0.4) is 0 Å². The fourth-order valence-electron chi connectivity index (χ4n) is 1.04. The molecule has 0 aliphatic carbocycles. The number of hydrogen-bond donors (Lipinski definition) is 1. The summed E-state index contributed by atoms with van der Waals surface area (Å²) in [6.07, 6.45) is 0. The zero-order chi connectivity index (χ0) is 8.72. The van der Waals surface area contributed by atoms with Gasteiger partial charge in [-0.2, -0.15) is 0 Å². The van der Waals surface area contributed by atoms with Gasteiger partial charge < -0.3 is 0 Å². The Morgan fingerprint density at radius 2 is 2.17 bits per heavy atom. The molecule has 2 rings (SSSR count). The number of fused-ring (bicyclic) bond motifs is 1. The summed E-state index contributed by atoms with van der Waals surface area (Å²) in [6, 6.07) is 5.94. The van der Waals surface area contributed by atoms with Crippen molar-refractivity contribution in [2.45, 2.75) is 4.90 Å². The van der Waals surface area contributed by atoms with E-state index in [0.717, 1.165) is 19.1 Å². The molecule has 2 aromatic rings. The van der Waals surface area contributed by atoms with Crippen molar-refractivity contribution >= 4 is 61.6 Å². The molecule has 0 fully saturated rings. The van der Waals surface area contributed by atoms with Crippen LogP contribution in [-0.2, 0) is 0 Å². The Bertz CT molecular complexity index is 436. The first kappa shape index (κ1) is 8.88. The van der Waals surface area contributed by atoms with Gasteiger partial charge in [0.15, 0.2) is 0 Å². The third-order valence-electron chi connectivity index (χ3n) is 1.58. The average molecular weight is 280 g/mol. The van der Waals surface area contributed by atoms with Crippen LogP contribution in [-0.4, -0.2) is 0 Å². The fraction of sp³-hybridized carbons (Fsp3) is 0. The highest BCUT2D eigenvalue weighted by Gasteiger charge is 2.05. The Morgan fingerprint density at radius 3 is 2.92 bits per heavy atom. The van der Waals surface area contributed by atoms with Gasteiger partial charge in [0.2, 0.25) is 0 Å². The van der Waals surface area contributed by atoms with E-state index < -0.39 is 0 Å². The second-order valence-electron chi connectivity index (χ2n) is 2.36. The van der Waals surface area contributed by atoms with E-state index in [9.17, 15) is 0 Å². The summed E-state index contributed by atoms with van der Waals surface area (Å²) < 4.78 is 3.01. The Kier molecular flexibility index (Phi) is 2.38. The molecular formula is C8H4BrClS2. The van der Waals surface area contributed by atoms with E-state index in [1.807, 2.05) is 18.2 Å². The van der Waals surface area contributed by atoms with Gasteiger partial charge in [-0.3, -0.25) is 0 Å². The van der Waals surface area contributed by atoms with Gasteiger partial charge in [-0.05, 0) is 34.1 Å². The molecule has 0 nitrogen and oxygen atoms in total. The largest absolute Gasteiger partial charge is 0.142 e. The molecule has 0 saturated carbocycles. The lowest BCUT2D eigenvalue weighted by Crippen LogP contribution is -1.69. The summed E-state index contributed by atoms with van der Waals surface area (Å²) in [5.41, 5.74) is 0. The van der Waals surface area contributed by atoms with Crippen LogP contribution in [0.4, 0.5) is 0 Å². The molecule has 0 bridgehead atoms. The molecular weight excluding hydrogens is 276 g/mol. The topological polar surface area (TPSA) is 0 Å². The van der Waals surface area contributed by atoms with Gasteiger partial charge in [-0.15, -0.1) is 24.0 Å². The molecule has 0 aliphatic heterocycles. The first-order valence-electron chi connectivity index (χ1n) is 3.25. The quantitative estimate of drug-likeness (QED) is 0.669. The molecule has 4 heteroatoms. The normalized spacial score (nSPS) is 10.9. The number of rotatable bonds is 0. The van der Waals surface area contributed by atoms with Gasteiger partial charge >= 0.3 is 0 Å². The molecule has 12 heavy (non-hydrogen) atoms. The third kappa shape index (κ3) is 1.39. The van der Waals surface area contributed by atoms with Crippen LogP contribution in [0, 0.1) is 0 Å². The monoisotopic (exact) mass is 278 g/mol. The number of halogens is 2. The smallest absolute Gasteiger partial charge is 0.0941 e. The van der Waals surface area contributed by atoms with Crippen molar-refractivity contribution in [3.8, 4) is 0 Å². The lowest BCUT2D eigenvalue weighted by molar-refractivity contribution is 1.48. The van der Waals surface area contributed by atoms with Gasteiger partial charge in [-0.25, -0.2) is 0 Å². The van der Waals surface area contributed by atoms with Crippen LogP contribution >= 0.6 is 51.5 Å². The van der Waals surface area contributed by atoms with Gasteiger partial charge in [-0.1, -0.05) is 11.6 Å². The van der Waals surface area contributed by atoms with Gasteiger partial charge in [0.25, 0.3) is 0 Å². The second-order valence-corrected chi connectivity index (χ2v) is 5.35. The maximum Gasteiger partial charge on any atom is 0.0941 e. The second kappa shape index (κ2) is 3.22. The SMILES string of the molecule is Sc1ccc2sc(Cl)cc2c1Br. The highest BCUT2D eigenvalue weighted by molar-refractivity contribution is 9.10. The zero-order valence-electron chi connectivity index (χ0n) is 5.84. The lowest BCUT2D eigenvalue weighted by Gasteiger charge is -1.96. The standard InChI is InChI=1S/C8H4BrClS2/c9-8-4-3-7(10)12-6(4)2-1-5(8)11/h1-3,11H. The minimum absolute atomic E-state index is 0.810. The Labute approximate surface area is 93.1 Å². The first-order chi connectivity index (χ1) is 5.68. The summed E-state index contributed by atoms with van der Waals surface area (Å²) in [4.78, 5) is 0.942. The van der Waals surface area contributed by atoms with Crippen LogP contribution in [0.15, 0.2) is 27.6 Å². The van der Waals surface area contributed by atoms with Crippen molar-refractivity contribution in [2.24, 2.45) is 0 Å². The third-order valence-corrected chi connectivity index (χ3v) is 4.35. The predicted molar refractivity (Wildman–Crippen MR) is 61.8 cm³/mol. The van der Waals surface area contributed by atoms with Crippen LogP contribution in [0.25, 0.3) is 10.1 Å². The molecule has 1 aromatic carbocycles. The predicted octanol–water partition coefficient (Wildman–Crippen LogP) is 4.61. The zero-order valence-corrected chi connectivity index (χ0v) is 9.90. The summed E-state index contributed by atoms with van der Waals surface area (Å²) in [5.74, 6) is 0. The van der Waals surface area contributed by atoms with E-state index in [0.29, 0.717) is 0 Å². The highest BCUT2D eigenvalue weighted by Crippen LogP contribution is 2.36. The van der Waals surface area contributed by atoms with Gasteiger partial charge in [0, 0.05) is 19.5 Å². The molecule has 0 amide bonds. The number of hydrogen-bond acceptors (Lipinski definition) is 2. The maximum absolute atomic E-state index is 5.88. The van der Waals surface area contributed by atoms with Crippen LogP contribution in [0.1, 0.15) is 0 Å². The highest BCUT2D eigenvalue weighted by atomic mass is 79.9. The Hall–Kier alpha value is 0.300. The summed E-state index contributed by atoms with van der Waals surface area (Å²) >= 11 is 15.2. The minimum atomic E-state index is 0.810. The Balaban J connectivity index is 2.89. The van der Waals surface area contributed by atoms with E-state index >= 15 is 0 Å². The van der Waals surface area contributed by atoms with Crippen molar-refractivity contribution in [2.75, 3.05) is 0 Å². The molecule has 0 N–H and O–H groups in total. The summed E-state index contributed by atoms with van der Waals surface area (Å²) in [5, 5.41) is 1.14. The Morgan fingerprint density at radius 1 is 1.42 bits per heavy atom. The molecule has 0 atom stereocenters. The van der Waals surface area contributed by atoms with Crippen LogP contribution < -0.4 is 0 Å². The maximum atomic E-state index is 5.88. The van der Waals surface area contributed by atoms with Crippen molar-refractivity contribution in [3.63, 3.8) is 0 Å². The molecule has 1 heterocycles. The van der Waals surface area contributed by atoms with E-state index in [4.69, 9.17) is 11.6 Å². The van der Waals surface area contributed by atoms with Gasteiger partial charge in [0.1, 0.15) is 0 Å². The molecule has 1 aromatic heterocycles. The number of thiophene rings is 1. The van der Waals surface area contributed by atoms with E-state index in [1.165, 1.54) is 4.70 Å².